The molecule has 0 spiro atoms. The van der Waals surface area contributed by atoms with Gasteiger partial charge < -0.3 is 5.11 Å². The molecule has 2 aromatic carbocycles. The van der Waals surface area contributed by atoms with Gasteiger partial charge in [-0.2, -0.15) is 13.2 Å². The molecule has 2 N–H and O–H groups in total. The van der Waals surface area contributed by atoms with Gasteiger partial charge in [-0.1, -0.05) is 12.1 Å². The zero-order valence-electron chi connectivity index (χ0n) is 11.6. The molecule has 0 heterocycles. The first-order valence-electron chi connectivity index (χ1n) is 6.24. The third kappa shape index (κ3) is 3.65. The van der Waals surface area contributed by atoms with Crippen LogP contribution in [0.25, 0.3) is 0 Å². The Morgan fingerprint density at radius 3 is 2.29 bits per heavy atom. The second-order valence-corrected chi connectivity index (χ2v) is 6.28. The second-order valence-electron chi connectivity index (χ2n) is 4.60. The number of halogens is 4. The minimum atomic E-state index is -4.75. The molecule has 0 fully saturated rings. The summed E-state index contributed by atoms with van der Waals surface area (Å²) in [6.07, 6.45) is -4.75. The predicted octanol–water partition coefficient (Wildman–Crippen LogP) is 3.34. The standard InChI is InChI=1S/C14H9F4NO4S/c15-10-5-2-6-11(12(10)13(20)21)19-24(22,23)9-4-1-3-8(7-9)14(16,17)18/h1-7,19H,(H,20,21). The Hall–Kier alpha value is -2.62. The van der Waals surface area contributed by atoms with E-state index in [1.807, 2.05) is 0 Å². The molecule has 5 nitrogen and oxygen atoms in total. The van der Waals surface area contributed by atoms with E-state index in [1.54, 1.807) is 4.72 Å². The largest absolute Gasteiger partial charge is 0.478 e. The van der Waals surface area contributed by atoms with E-state index in [4.69, 9.17) is 5.11 Å². The Bertz CT molecular complexity index is 894. The molecule has 2 rings (SSSR count). The minimum Gasteiger partial charge on any atom is -0.478 e. The third-order valence-electron chi connectivity index (χ3n) is 2.94. The van der Waals surface area contributed by atoms with Gasteiger partial charge in [-0.25, -0.2) is 17.6 Å². The van der Waals surface area contributed by atoms with Crippen molar-refractivity contribution in [2.24, 2.45) is 0 Å². The van der Waals surface area contributed by atoms with E-state index in [0.717, 1.165) is 30.3 Å². The van der Waals surface area contributed by atoms with Crippen LogP contribution in [0.3, 0.4) is 0 Å². The fourth-order valence-corrected chi connectivity index (χ4v) is 2.99. The number of carboxylic acids is 1. The number of hydrogen-bond acceptors (Lipinski definition) is 3. The highest BCUT2D eigenvalue weighted by atomic mass is 32.2. The topological polar surface area (TPSA) is 83.5 Å². The van der Waals surface area contributed by atoms with Crippen molar-refractivity contribution in [1.82, 2.24) is 0 Å². The first-order valence-corrected chi connectivity index (χ1v) is 7.72. The first-order chi connectivity index (χ1) is 11.0. The van der Waals surface area contributed by atoms with Crippen molar-refractivity contribution in [2.45, 2.75) is 11.1 Å². The van der Waals surface area contributed by atoms with Gasteiger partial charge in [0, 0.05) is 0 Å². The quantitative estimate of drug-likeness (QED) is 0.816. The Balaban J connectivity index is 2.48. The monoisotopic (exact) mass is 363 g/mol. The molecule has 0 saturated heterocycles. The molecule has 0 atom stereocenters. The number of benzene rings is 2. The van der Waals surface area contributed by atoms with Crippen molar-refractivity contribution in [2.75, 3.05) is 4.72 Å². The molecule has 0 aliphatic carbocycles. The highest BCUT2D eigenvalue weighted by molar-refractivity contribution is 7.92. The summed E-state index contributed by atoms with van der Waals surface area (Å²) >= 11 is 0. The highest BCUT2D eigenvalue weighted by Gasteiger charge is 2.32. The zero-order valence-corrected chi connectivity index (χ0v) is 12.5. The lowest BCUT2D eigenvalue weighted by Gasteiger charge is -2.12. The lowest BCUT2D eigenvalue weighted by Crippen LogP contribution is -2.17. The fourth-order valence-electron chi connectivity index (χ4n) is 1.87. The smallest absolute Gasteiger partial charge is 0.416 e. The summed E-state index contributed by atoms with van der Waals surface area (Å²) in [5, 5.41) is 8.94. The molecule has 0 amide bonds. The first kappa shape index (κ1) is 17.7. The van der Waals surface area contributed by atoms with E-state index < -0.39 is 49.7 Å². The Kier molecular flexibility index (Phi) is 4.52. The van der Waals surface area contributed by atoms with Gasteiger partial charge in [-0.3, -0.25) is 4.72 Å². The van der Waals surface area contributed by atoms with Crippen LogP contribution in [0.15, 0.2) is 47.4 Å². The van der Waals surface area contributed by atoms with E-state index in [9.17, 15) is 30.8 Å². The number of anilines is 1. The number of aromatic carboxylic acids is 1. The molecule has 2 aromatic rings. The molecule has 128 valence electrons. The predicted molar refractivity (Wildman–Crippen MR) is 75.6 cm³/mol. The van der Waals surface area contributed by atoms with Crippen molar-refractivity contribution in [1.29, 1.82) is 0 Å². The van der Waals surface area contributed by atoms with Crippen LogP contribution in [0, 0.1) is 5.82 Å². The molecule has 0 aliphatic rings. The van der Waals surface area contributed by atoms with Gasteiger partial charge in [0.25, 0.3) is 10.0 Å². The summed E-state index contributed by atoms with van der Waals surface area (Å²) in [7, 11) is -4.55. The number of carbonyl (C=O) groups is 1. The van der Waals surface area contributed by atoms with Crippen LogP contribution in [-0.2, 0) is 16.2 Å². The number of rotatable bonds is 4. The van der Waals surface area contributed by atoms with E-state index in [1.165, 1.54) is 0 Å². The Morgan fingerprint density at radius 1 is 1.08 bits per heavy atom. The van der Waals surface area contributed by atoms with Gasteiger partial charge in [0.2, 0.25) is 0 Å². The molecule has 10 heteroatoms. The van der Waals surface area contributed by atoms with Crippen LogP contribution >= 0.6 is 0 Å². The lowest BCUT2D eigenvalue weighted by molar-refractivity contribution is -0.137. The molecule has 0 aliphatic heterocycles. The average molecular weight is 363 g/mol. The van der Waals surface area contributed by atoms with Crippen LogP contribution < -0.4 is 4.72 Å². The van der Waals surface area contributed by atoms with Gasteiger partial charge in [0.15, 0.2) is 0 Å². The average Bonchev–Trinajstić information content (AvgIpc) is 2.45. The summed E-state index contributed by atoms with van der Waals surface area (Å²) in [5.41, 5.74) is -2.73. The second kappa shape index (κ2) is 6.11. The Labute approximate surface area is 133 Å². The van der Waals surface area contributed by atoms with Crippen LogP contribution in [0.5, 0.6) is 0 Å². The fraction of sp³-hybridized carbons (Fsp3) is 0.0714. The van der Waals surface area contributed by atoms with Crippen molar-refractivity contribution in [3.05, 3.63) is 59.4 Å². The molecule has 0 radical (unpaired) electrons. The molecule has 0 aromatic heterocycles. The van der Waals surface area contributed by atoms with Crippen molar-refractivity contribution in [3.63, 3.8) is 0 Å². The minimum absolute atomic E-state index is 0.391. The van der Waals surface area contributed by atoms with Gasteiger partial charge in [0.1, 0.15) is 11.4 Å². The Morgan fingerprint density at radius 2 is 1.71 bits per heavy atom. The van der Waals surface area contributed by atoms with Gasteiger partial charge in [-0.05, 0) is 30.3 Å². The molecule has 0 saturated carbocycles. The van der Waals surface area contributed by atoms with E-state index in [0.29, 0.717) is 12.1 Å². The van der Waals surface area contributed by atoms with Crippen molar-refractivity contribution < 1.29 is 35.9 Å². The van der Waals surface area contributed by atoms with Gasteiger partial charge >= 0.3 is 12.1 Å². The molecule has 24 heavy (non-hydrogen) atoms. The summed E-state index contributed by atoms with van der Waals surface area (Å²) in [5.74, 6) is -2.92. The maximum absolute atomic E-state index is 13.5. The van der Waals surface area contributed by atoms with E-state index in [2.05, 4.69) is 0 Å². The summed E-state index contributed by atoms with van der Waals surface area (Å²) in [6.45, 7) is 0. The normalized spacial score (nSPS) is 12.0. The van der Waals surface area contributed by atoms with Crippen LogP contribution in [0.1, 0.15) is 15.9 Å². The van der Waals surface area contributed by atoms with Gasteiger partial charge in [0.05, 0.1) is 16.1 Å². The number of nitrogens with one attached hydrogen (secondary N) is 1. The van der Waals surface area contributed by atoms with Crippen LogP contribution in [0.2, 0.25) is 0 Å². The third-order valence-corrected chi connectivity index (χ3v) is 4.31. The SMILES string of the molecule is O=C(O)c1c(F)cccc1NS(=O)(=O)c1cccc(C(F)(F)F)c1. The maximum atomic E-state index is 13.5. The van der Waals surface area contributed by atoms with Crippen molar-refractivity contribution in [3.8, 4) is 0 Å². The number of alkyl halides is 3. The zero-order chi connectivity index (χ0) is 18.1. The number of hydrogen-bond donors (Lipinski definition) is 2. The molecular formula is C14H9F4NO4S. The maximum Gasteiger partial charge on any atom is 0.416 e. The lowest BCUT2D eigenvalue weighted by atomic mass is 10.2. The molecule has 0 bridgehead atoms. The highest BCUT2D eigenvalue weighted by Crippen LogP contribution is 2.31. The van der Waals surface area contributed by atoms with E-state index in [-0.39, 0.29) is 0 Å². The molecule has 0 unspecified atom stereocenters. The molecular weight excluding hydrogens is 354 g/mol. The number of sulfonamides is 1. The summed E-state index contributed by atoms with van der Waals surface area (Å²) in [6, 6.07) is 5.72. The number of carboxylic acid groups (broad SMARTS) is 1. The van der Waals surface area contributed by atoms with Crippen molar-refractivity contribution >= 4 is 21.7 Å². The summed E-state index contributed by atoms with van der Waals surface area (Å²) < 4.78 is 77.7. The van der Waals surface area contributed by atoms with E-state index >= 15 is 0 Å². The van der Waals surface area contributed by atoms with Crippen LogP contribution in [0.4, 0.5) is 23.2 Å². The van der Waals surface area contributed by atoms with Crippen LogP contribution in [-0.4, -0.2) is 19.5 Å². The van der Waals surface area contributed by atoms with Gasteiger partial charge in [-0.15, -0.1) is 0 Å². The summed E-state index contributed by atoms with van der Waals surface area (Å²) in [4.78, 5) is 10.3.